The summed E-state index contributed by atoms with van der Waals surface area (Å²) < 4.78 is 15.6. The third-order valence-electron chi connectivity index (χ3n) is 3.64. The molecule has 2 rings (SSSR count). The summed E-state index contributed by atoms with van der Waals surface area (Å²) in [4.78, 5) is 37.4. The highest BCUT2D eigenvalue weighted by Gasteiger charge is 2.36. The Morgan fingerprint density at radius 3 is 2.65 bits per heavy atom. The molecule has 0 radical (unpaired) electrons. The van der Waals surface area contributed by atoms with Gasteiger partial charge in [-0.1, -0.05) is 25.5 Å². The van der Waals surface area contributed by atoms with Crippen LogP contribution in [0.1, 0.15) is 25.3 Å². The third-order valence-corrected chi connectivity index (χ3v) is 4.55. The SMILES string of the molecule is CCCCOC(=O)CN1C(=O)S/C(=C/c2cccc(OC)c2OC)C1=O. The van der Waals surface area contributed by atoms with E-state index in [1.807, 2.05) is 6.92 Å². The van der Waals surface area contributed by atoms with Crippen molar-refractivity contribution in [2.24, 2.45) is 0 Å². The molecule has 1 aromatic rings. The van der Waals surface area contributed by atoms with E-state index in [4.69, 9.17) is 14.2 Å². The number of esters is 1. The molecule has 0 aliphatic carbocycles. The number of imide groups is 1. The molecule has 1 heterocycles. The van der Waals surface area contributed by atoms with Crippen LogP contribution in [-0.2, 0) is 14.3 Å². The summed E-state index contributed by atoms with van der Waals surface area (Å²) in [6.07, 6.45) is 3.18. The maximum Gasteiger partial charge on any atom is 0.326 e. The summed E-state index contributed by atoms with van der Waals surface area (Å²) in [6.45, 7) is 1.87. The van der Waals surface area contributed by atoms with E-state index in [1.165, 1.54) is 14.2 Å². The third kappa shape index (κ3) is 4.57. The Labute approximate surface area is 156 Å². The zero-order valence-corrected chi connectivity index (χ0v) is 15.8. The fraction of sp³-hybridized carbons (Fsp3) is 0.389. The number of methoxy groups -OCH3 is 2. The smallest absolute Gasteiger partial charge is 0.326 e. The van der Waals surface area contributed by atoms with Gasteiger partial charge < -0.3 is 14.2 Å². The molecule has 1 aliphatic heterocycles. The van der Waals surface area contributed by atoms with Crippen LogP contribution in [0.2, 0.25) is 0 Å². The summed E-state index contributed by atoms with van der Waals surface area (Å²) in [5.74, 6) is -0.154. The van der Waals surface area contributed by atoms with Crippen LogP contribution in [0.25, 0.3) is 6.08 Å². The van der Waals surface area contributed by atoms with E-state index in [-0.39, 0.29) is 18.1 Å². The number of hydrogen-bond acceptors (Lipinski definition) is 7. The molecule has 140 valence electrons. The molecule has 26 heavy (non-hydrogen) atoms. The summed E-state index contributed by atoms with van der Waals surface area (Å²) in [5.41, 5.74) is 0.600. The van der Waals surface area contributed by atoms with Crippen molar-refractivity contribution in [1.29, 1.82) is 0 Å². The monoisotopic (exact) mass is 379 g/mol. The molecule has 7 nitrogen and oxygen atoms in total. The maximum absolute atomic E-state index is 12.5. The Hall–Kier alpha value is -2.48. The summed E-state index contributed by atoms with van der Waals surface area (Å²) in [6, 6.07) is 5.23. The predicted octanol–water partition coefficient (Wildman–Crippen LogP) is 3.08. The average molecular weight is 379 g/mol. The van der Waals surface area contributed by atoms with Gasteiger partial charge in [-0.3, -0.25) is 19.3 Å². The molecular formula is C18H21NO6S. The van der Waals surface area contributed by atoms with Gasteiger partial charge in [0.2, 0.25) is 0 Å². The largest absolute Gasteiger partial charge is 0.493 e. The Kier molecular flexibility index (Phi) is 7.08. The van der Waals surface area contributed by atoms with Crippen molar-refractivity contribution < 1.29 is 28.6 Å². The number of carbonyl (C=O) groups excluding carboxylic acids is 3. The number of rotatable bonds is 8. The molecule has 1 fully saturated rings. The van der Waals surface area contributed by atoms with Gasteiger partial charge >= 0.3 is 5.97 Å². The first-order chi connectivity index (χ1) is 12.5. The lowest BCUT2D eigenvalue weighted by Gasteiger charge is -2.12. The first-order valence-electron chi connectivity index (χ1n) is 8.13. The maximum atomic E-state index is 12.5. The highest BCUT2D eigenvalue weighted by Crippen LogP contribution is 2.37. The molecule has 1 saturated heterocycles. The number of carbonyl (C=O) groups is 3. The van der Waals surface area contributed by atoms with Crippen molar-refractivity contribution in [3.63, 3.8) is 0 Å². The second-order valence-electron chi connectivity index (χ2n) is 5.42. The number of unbranched alkanes of at least 4 members (excludes halogenated alkanes) is 1. The zero-order chi connectivity index (χ0) is 19.1. The van der Waals surface area contributed by atoms with E-state index < -0.39 is 17.1 Å². The molecule has 0 aromatic heterocycles. The molecule has 0 unspecified atom stereocenters. The Balaban J connectivity index is 2.16. The molecular weight excluding hydrogens is 358 g/mol. The second-order valence-corrected chi connectivity index (χ2v) is 6.42. The highest BCUT2D eigenvalue weighted by atomic mass is 32.2. The quantitative estimate of drug-likeness (QED) is 0.390. The van der Waals surface area contributed by atoms with E-state index in [0.717, 1.165) is 29.5 Å². The van der Waals surface area contributed by atoms with Gasteiger partial charge in [0, 0.05) is 5.56 Å². The standard InChI is InChI=1S/C18H21NO6S/c1-4-5-9-25-15(20)11-19-17(21)14(26-18(19)22)10-12-7-6-8-13(23-2)16(12)24-3/h6-8,10H,4-5,9,11H2,1-3H3/b14-10+. The Bertz CT molecular complexity index is 730. The molecule has 0 atom stereocenters. The van der Waals surface area contributed by atoms with Crippen LogP contribution in [0, 0.1) is 0 Å². The highest BCUT2D eigenvalue weighted by molar-refractivity contribution is 8.18. The molecule has 0 spiro atoms. The summed E-state index contributed by atoms with van der Waals surface area (Å²) in [5, 5.41) is -0.504. The first-order valence-corrected chi connectivity index (χ1v) is 8.95. The lowest BCUT2D eigenvalue weighted by atomic mass is 10.1. The van der Waals surface area contributed by atoms with Crippen LogP contribution in [0.15, 0.2) is 23.1 Å². The van der Waals surface area contributed by atoms with Crippen molar-refractivity contribution in [3.8, 4) is 11.5 Å². The Morgan fingerprint density at radius 2 is 2.00 bits per heavy atom. The van der Waals surface area contributed by atoms with Gasteiger partial charge in [-0.25, -0.2) is 0 Å². The van der Waals surface area contributed by atoms with E-state index in [9.17, 15) is 14.4 Å². The summed E-state index contributed by atoms with van der Waals surface area (Å²) in [7, 11) is 3.01. The minimum atomic E-state index is -0.596. The molecule has 0 N–H and O–H groups in total. The topological polar surface area (TPSA) is 82.1 Å². The van der Waals surface area contributed by atoms with Crippen molar-refractivity contribution in [1.82, 2.24) is 4.90 Å². The number of para-hydroxylation sites is 1. The molecule has 0 bridgehead atoms. The average Bonchev–Trinajstić information content (AvgIpc) is 2.89. The van der Waals surface area contributed by atoms with Crippen molar-refractivity contribution in [2.75, 3.05) is 27.4 Å². The van der Waals surface area contributed by atoms with Crippen molar-refractivity contribution >= 4 is 35.0 Å². The Morgan fingerprint density at radius 1 is 1.23 bits per heavy atom. The van der Waals surface area contributed by atoms with Crippen LogP contribution in [-0.4, -0.2) is 49.4 Å². The van der Waals surface area contributed by atoms with Gasteiger partial charge in [-0.05, 0) is 30.3 Å². The lowest BCUT2D eigenvalue weighted by Crippen LogP contribution is -2.34. The van der Waals surface area contributed by atoms with Crippen LogP contribution in [0.5, 0.6) is 11.5 Å². The van der Waals surface area contributed by atoms with E-state index in [0.29, 0.717) is 17.1 Å². The lowest BCUT2D eigenvalue weighted by molar-refractivity contribution is -0.146. The molecule has 1 aliphatic rings. The number of thioether (sulfide) groups is 1. The minimum Gasteiger partial charge on any atom is -0.493 e. The van der Waals surface area contributed by atoms with Gasteiger partial charge in [0.15, 0.2) is 11.5 Å². The van der Waals surface area contributed by atoms with Crippen LogP contribution in [0.3, 0.4) is 0 Å². The predicted molar refractivity (Wildman–Crippen MR) is 98.1 cm³/mol. The number of amides is 2. The molecule has 0 saturated carbocycles. The number of hydrogen-bond donors (Lipinski definition) is 0. The van der Waals surface area contributed by atoms with E-state index in [2.05, 4.69) is 0 Å². The van der Waals surface area contributed by atoms with Crippen LogP contribution < -0.4 is 9.47 Å². The van der Waals surface area contributed by atoms with Gasteiger partial charge in [0.1, 0.15) is 6.54 Å². The van der Waals surface area contributed by atoms with E-state index >= 15 is 0 Å². The van der Waals surface area contributed by atoms with Crippen LogP contribution in [0.4, 0.5) is 4.79 Å². The van der Waals surface area contributed by atoms with Crippen molar-refractivity contribution in [2.45, 2.75) is 19.8 Å². The van der Waals surface area contributed by atoms with Gasteiger partial charge in [0.25, 0.3) is 11.1 Å². The minimum absolute atomic E-state index is 0.211. The number of benzene rings is 1. The zero-order valence-electron chi connectivity index (χ0n) is 14.9. The number of ether oxygens (including phenoxy) is 3. The normalized spacial score (nSPS) is 15.5. The molecule has 8 heteroatoms. The van der Waals surface area contributed by atoms with Crippen molar-refractivity contribution in [3.05, 3.63) is 28.7 Å². The van der Waals surface area contributed by atoms with Crippen LogP contribution >= 0.6 is 11.8 Å². The van der Waals surface area contributed by atoms with Gasteiger partial charge in [-0.2, -0.15) is 0 Å². The van der Waals surface area contributed by atoms with Gasteiger partial charge in [-0.15, -0.1) is 0 Å². The number of nitrogens with zero attached hydrogens (tertiary/aromatic N) is 1. The van der Waals surface area contributed by atoms with Gasteiger partial charge in [0.05, 0.1) is 25.7 Å². The molecule has 2 amide bonds. The first kappa shape index (κ1) is 19.8. The summed E-state index contributed by atoms with van der Waals surface area (Å²) >= 11 is 0.774. The fourth-order valence-electron chi connectivity index (χ4n) is 2.31. The van der Waals surface area contributed by atoms with E-state index in [1.54, 1.807) is 24.3 Å². The second kappa shape index (κ2) is 9.28. The molecule has 1 aromatic carbocycles. The fourth-order valence-corrected chi connectivity index (χ4v) is 3.14.